The topological polar surface area (TPSA) is 30.2 Å². The molecule has 2 aromatic carbocycles. The molecule has 0 fully saturated rings. The summed E-state index contributed by atoms with van der Waals surface area (Å²) in [5, 5.41) is 0. The summed E-state index contributed by atoms with van der Waals surface area (Å²) in [6, 6.07) is 23.7. The first-order chi connectivity index (χ1) is 11.6. The second-order valence-electron chi connectivity index (χ2n) is 5.48. The molecule has 0 aliphatic carbocycles. The van der Waals surface area contributed by atoms with E-state index < -0.39 is 0 Å². The van der Waals surface area contributed by atoms with Crippen molar-refractivity contribution >= 4 is 11.8 Å². The summed E-state index contributed by atoms with van der Waals surface area (Å²) in [6.45, 7) is 4.16. The fourth-order valence-electron chi connectivity index (χ4n) is 2.00. The van der Waals surface area contributed by atoms with Gasteiger partial charge in [0.2, 0.25) is 0 Å². The van der Waals surface area contributed by atoms with Crippen molar-refractivity contribution in [2.24, 2.45) is 0 Å². The second-order valence-corrected chi connectivity index (χ2v) is 6.65. The third-order valence-electron chi connectivity index (χ3n) is 3.32. The minimum Gasteiger partial charge on any atom is -0.428 e. The molecule has 3 rings (SSSR count). The third-order valence-corrected chi connectivity index (χ3v) is 4.34. The van der Waals surface area contributed by atoms with Crippen molar-refractivity contribution in [3.05, 3.63) is 100 Å². The highest BCUT2D eigenvalue weighted by atomic mass is 32.2. The van der Waals surface area contributed by atoms with Crippen LogP contribution in [-0.4, -0.2) is 5.75 Å². The first-order valence-corrected chi connectivity index (χ1v) is 8.92. The highest BCUT2D eigenvalue weighted by molar-refractivity contribution is 7.99. The zero-order valence-electron chi connectivity index (χ0n) is 14.1. The van der Waals surface area contributed by atoms with Gasteiger partial charge in [-0.25, -0.2) is 4.79 Å². The molecule has 1 aromatic heterocycles. The fraction of sp³-hybridized carbons (Fsp3) is 0.190. The van der Waals surface area contributed by atoms with Crippen LogP contribution in [0.5, 0.6) is 0 Å². The quantitative estimate of drug-likeness (QED) is 0.606. The lowest BCUT2D eigenvalue weighted by atomic mass is 10.2. The van der Waals surface area contributed by atoms with Gasteiger partial charge in [0, 0.05) is 23.1 Å². The molecular weight excluding hydrogens is 316 g/mol. The maximum Gasteiger partial charge on any atom is 0.335 e. The highest BCUT2D eigenvalue weighted by Crippen LogP contribution is 2.19. The van der Waals surface area contributed by atoms with Crippen LogP contribution in [0.2, 0.25) is 0 Å². The summed E-state index contributed by atoms with van der Waals surface area (Å²) in [7, 11) is 0. The maximum atomic E-state index is 11.0. The normalized spacial score (nSPS) is 9.92. The number of aryl methyl sites for hydroxylation is 3. The van der Waals surface area contributed by atoms with Crippen LogP contribution in [0.3, 0.4) is 0 Å². The summed E-state index contributed by atoms with van der Waals surface area (Å²) < 4.78 is 5.07. The smallest absolute Gasteiger partial charge is 0.335 e. The van der Waals surface area contributed by atoms with E-state index in [0.29, 0.717) is 0 Å². The van der Waals surface area contributed by atoms with E-state index in [4.69, 9.17) is 4.42 Å². The Hall–Kier alpha value is -2.26. The van der Waals surface area contributed by atoms with Gasteiger partial charge < -0.3 is 4.42 Å². The predicted octanol–water partition coefficient (Wildman–Crippen LogP) is 5.28. The first kappa shape index (κ1) is 18.1. The average molecular weight is 338 g/mol. The van der Waals surface area contributed by atoms with Crippen LogP contribution in [0, 0.1) is 13.8 Å². The minimum atomic E-state index is -0.275. The molecular formula is C21H22O2S. The summed E-state index contributed by atoms with van der Waals surface area (Å²) in [5.74, 6) is 1.66. The van der Waals surface area contributed by atoms with Gasteiger partial charge in [-0.3, -0.25) is 0 Å². The summed E-state index contributed by atoms with van der Waals surface area (Å²) in [6.07, 6.45) is 0.772. The molecule has 2 nitrogen and oxygen atoms in total. The predicted molar refractivity (Wildman–Crippen MR) is 102 cm³/mol. The van der Waals surface area contributed by atoms with Gasteiger partial charge >= 0.3 is 5.63 Å². The van der Waals surface area contributed by atoms with Crippen LogP contribution in [0.4, 0.5) is 0 Å². The van der Waals surface area contributed by atoms with Crippen molar-refractivity contribution in [3.63, 3.8) is 0 Å². The van der Waals surface area contributed by atoms with Gasteiger partial charge in [0.1, 0.15) is 5.76 Å². The lowest BCUT2D eigenvalue weighted by molar-refractivity contribution is 0.465. The van der Waals surface area contributed by atoms with Crippen molar-refractivity contribution in [3.8, 4) is 0 Å². The van der Waals surface area contributed by atoms with Crippen LogP contribution in [-0.2, 0) is 6.42 Å². The number of rotatable bonds is 4. The van der Waals surface area contributed by atoms with Gasteiger partial charge in [0.05, 0.1) is 0 Å². The van der Waals surface area contributed by atoms with E-state index in [2.05, 4.69) is 50.2 Å². The van der Waals surface area contributed by atoms with E-state index in [0.717, 1.165) is 17.9 Å². The monoisotopic (exact) mass is 338 g/mol. The lowest BCUT2D eigenvalue weighted by Crippen LogP contribution is -1.99. The molecule has 0 spiro atoms. The number of hydrogen-bond acceptors (Lipinski definition) is 3. The Kier molecular flexibility index (Phi) is 7.37. The van der Waals surface area contributed by atoms with Gasteiger partial charge in [0.15, 0.2) is 0 Å². The Balaban J connectivity index is 0.000000249. The molecule has 0 radical (unpaired) electrons. The Bertz CT molecular complexity index is 777. The maximum absolute atomic E-state index is 11.0. The molecule has 0 amide bonds. The van der Waals surface area contributed by atoms with Gasteiger partial charge in [-0.2, -0.15) is 0 Å². The van der Waals surface area contributed by atoms with E-state index in [1.807, 2.05) is 24.3 Å². The zero-order chi connectivity index (χ0) is 17.2. The summed E-state index contributed by atoms with van der Waals surface area (Å²) in [4.78, 5) is 12.2. The molecule has 0 saturated carbocycles. The van der Waals surface area contributed by atoms with E-state index in [9.17, 15) is 4.79 Å². The number of benzene rings is 2. The first-order valence-electron chi connectivity index (χ1n) is 7.93. The minimum absolute atomic E-state index is 0.275. The van der Waals surface area contributed by atoms with Gasteiger partial charge in [-0.15, -0.1) is 11.8 Å². The Morgan fingerprint density at radius 1 is 0.792 bits per heavy atom. The van der Waals surface area contributed by atoms with Gasteiger partial charge in [-0.05, 0) is 32.0 Å². The molecule has 24 heavy (non-hydrogen) atoms. The Morgan fingerprint density at radius 3 is 2.04 bits per heavy atom. The SMILES string of the molecule is Cc1ccc(SCCc2cccc(=O)o2)cc1.Cc1ccccc1. The summed E-state index contributed by atoms with van der Waals surface area (Å²) >= 11 is 1.77. The molecule has 3 heteroatoms. The van der Waals surface area contributed by atoms with Crippen molar-refractivity contribution in [2.45, 2.75) is 25.2 Å². The molecule has 0 saturated heterocycles. The average Bonchev–Trinajstić information content (AvgIpc) is 2.58. The Morgan fingerprint density at radius 2 is 1.46 bits per heavy atom. The van der Waals surface area contributed by atoms with E-state index in [1.165, 1.54) is 22.1 Å². The molecule has 0 unspecified atom stereocenters. The van der Waals surface area contributed by atoms with E-state index >= 15 is 0 Å². The molecule has 1 heterocycles. The standard InChI is InChI=1S/C14H14O2S.C7H8/c1-11-5-7-13(8-6-11)17-10-9-12-3-2-4-14(15)16-12;1-7-5-3-2-4-6-7/h2-8H,9-10H2,1H3;2-6H,1H3. The van der Waals surface area contributed by atoms with E-state index in [1.54, 1.807) is 17.8 Å². The molecule has 0 aliphatic heterocycles. The van der Waals surface area contributed by atoms with Crippen molar-refractivity contribution in [1.82, 2.24) is 0 Å². The number of hydrogen-bond donors (Lipinski definition) is 0. The molecule has 0 atom stereocenters. The lowest BCUT2D eigenvalue weighted by Gasteiger charge is -2.01. The molecule has 3 aromatic rings. The largest absolute Gasteiger partial charge is 0.428 e. The van der Waals surface area contributed by atoms with Crippen molar-refractivity contribution < 1.29 is 4.42 Å². The fourth-order valence-corrected chi connectivity index (χ4v) is 2.87. The molecule has 0 aliphatic rings. The van der Waals surface area contributed by atoms with Crippen LogP contribution >= 0.6 is 11.8 Å². The van der Waals surface area contributed by atoms with Crippen LogP contribution in [0.15, 0.2) is 86.9 Å². The number of thioether (sulfide) groups is 1. The van der Waals surface area contributed by atoms with Crippen molar-refractivity contribution in [2.75, 3.05) is 5.75 Å². The molecule has 124 valence electrons. The molecule has 0 bridgehead atoms. The van der Waals surface area contributed by atoms with Crippen LogP contribution in [0.25, 0.3) is 0 Å². The zero-order valence-corrected chi connectivity index (χ0v) is 14.9. The molecule has 0 N–H and O–H groups in total. The second kappa shape index (κ2) is 9.78. The Labute approximate surface area is 147 Å². The third kappa shape index (κ3) is 6.88. The van der Waals surface area contributed by atoms with Gasteiger partial charge in [0.25, 0.3) is 0 Å². The van der Waals surface area contributed by atoms with Crippen LogP contribution < -0.4 is 5.63 Å². The van der Waals surface area contributed by atoms with Crippen molar-refractivity contribution in [1.29, 1.82) is 0 Å². The summed E-state index contributed by atoms with van der Waals surface area (Å²) in [5.41, 5.74) is 2.31. The van der Waals surface area contributed by atoms with Crippen LogP contribution in [0.1, 0.15) is 16.9 Å². The van der Waals surface area contributed by atoms with Gasteiger partial charge in [-0.1, -0.05) is 59.7 Å². The highest BCUT2D eigenvalue weighted by Gasteiger charge is 1.98. The van der Waals surface area contributed by atoms with E-state index in [-0.39, 0.29) is 5.63 Å².